The predicted octanol–water partition coefficient (Wildman–Crippen LogP) is -0.0186. The molecule has 3 heteroatoms. The molecule has 1 aliphatic heterocycles. The third kappa shape index (κ3) is 2.74. The van der Waals surface area contributed by atoms with Gasteiger partial charge in [-0.05, 0) is 12.5 Å². The van der Waals surface area contributed by atoms with Gasteiger partial charge >= 0.3 is 0 Å². The molecule has 1 fully saturated rings. The summed E-state index contributed by atoms with van der Waals surface area (Å²) >= 11 is 0. The summed E-state index contributed by atoms with van der Waals surface area (Å²) in [6.45, 7) is 4.42. The minimum atomic E-state index is 0.123. The van der Waals surface area contributed by atoms with Gasteiger partial charge in [-0.1, -0.05) is 6.92 Å². The highest BCUT2D eigenvalue weighted by molar-refractivity contribution is 5.79. The lowest BCUT2D eigenvalue weighted by molar-refractivity contribution is -0.125. The minimum Gasteiger partial charge on any atom is -0.355 e. The van der Waals surface area contributed by atoms with Gasteiger partial charge in [0.1, 0.15) is 0 Å². The first-order chi connectivity index (χ1) is 6.25. The summed E-state index contributed by atoms with van der Waals surface area (Å²) < 4.78 is 0. The molecule has 0 bridgehead atoms. The molecule has 13 heavy (non-hydrogen) atoms. The van der Waals surface area contributed by atoms with Gasteiger partial charge in [0.05, 0.1) is 5.92 Å². The van der Waals surface area contributed by atoms with Gasteiger partial charge in [0.25, 0.3) is 0 Å². The smallest absolute Gasteiger partial charge is 0.224 e. The van der Waals surface area contributed by atoms with E-state index in [4.69, 9.17) is 6.42 Å². The van der Waals surface area contributed by atoms with Crippen LogP contribution in [0.1, 0.15) is 13.3 Å². The Bertz CT molecular complexity index is 219. The Balaban J connectivity index is 2.27. The van der Waals surface area contributed by atoms with Crippen LogP contribution in [0.5, 0.6) is 0 Å². The zero-order valence-corrected chi connectivity index (χ0v) is 7.97. The average Bonchev–Trinajstić information content (AvgIpc) is 2.52. The van der Waals surface area contributed by atoms with Crippen LogP contribution in [-0.2, 0) is 4.79 Å². The molecule has 0 radical (unpaired) electrons. The maximum Gasteiger partial charge on any atom is 0.224 e. The number of terminal acetylenes is 1. The van der Waals surface area contributed by atoms with Gasteiger partial charge in [0.2, 0.25) is 5.91 Å². The number of carbonyl (C=O) groups is 1. The molecule has 1 aliphatic rings. The maximum absolute atomic E-state index is 11.5. The van der Waals surface area contributed by atoms with Crippen molar-refractivity contribution >= 4 is 5.91 Å². The fourth-order valence-corrected chi connectivity index (χ4v) is 1.55. The Labute approximate surface area is 79.3 Å². The summed E-state index contributed by atoms with van der Waals surface area (Å²) in [6.07, 6.45) is 5.69. The molecule has 0 aliphatic carbocycles. The second-order valence-electron chi connectivity index (χ2n) is 3.49. The van der Waals surface area contributed by atoms with Crippen molar-refractivity contribution < 1.29 is 4.79 Å². The van der Waals surface area contributed by atoms with Crippen molar-refractivity contribution in [3.63, 3.8) is 0 Å². The fraction of sp³-hybridized carbons (Fsp3) is 0.700. The zero-order valence-electron chi connectivity index (χ0n) is 7.97. The van der Waals surface area contributed by atoms with Gasteiger partial charge in [-0.15, -0.1) is 12.3 Å². The first kappa shape index (κ1) is 10.1. The van der Waals surface area contributed by atoms with Crippen molar-refractivity contribution in [2.24, 2.45) is 11.8 Å². The van der Waals surface area contributed by atoms with E-state index in [1.165, 1.54) is 0 Å². The van der Waals surface area contributed by atoms with E-state index >= 15 is 0 Å². The number of nitrogens with one attached hydrogen (secondary N) is 2. The number of carbonyl (C=O) groups excluding carboxylic acids is 1. The SMILES string of the molecule is C#CCCNC(=O)[C@@H]1CNC[C@H]1C. The predicted molar refractivity (Wildman–Crippen MR) is 52.0 cm³/mol. The van der Waals surface area contributed by atoms with Crippen molar-refractivity contribution in [3.05, 3.63) is 0 Å². The molecule has 3 nitrogen and oxygen atoms in total. The molecule has 1 rings (SSSR count). The van der Waals surface area contributed by atoms with Gasteiger partial charge in [-0.2, -0.15) is 0 Å². The summed E-state index contributed by atoms with van der Waals surface area (Å²) in [6, 6.07) is 0. The normalized spacial score (nSPS) is 26.8. The third-order valence-electron chi connectivity index (χ3n) is 2.42. The molecule has 1 heterocycles. The van der Waals surface area contributed by atoms with E-state index in [0.29, 0.717) is 18.9 Å². The molecule has 2 N–H and O–H groups in total. The number of amides is 1. The molecule has 2 atom stereocenters. The van der Waals surface area contributed by atoms with Crippen LogP contribution >= 0.6 is 0 Å². The van der Waals surface area contributed by atoms with Crippen LogP contribution in [0.15, 0.2) is 0 Å². The van der Waals surface area contributed by atoms with Crippen LogP contribution in [0.4, 0.5) is 0 Å². The first-order valence-corrected chi connectivity index (χ1v) is 4.67. The summed E-state index contributed by atoms with van der Waals surface area (Å²) in [4.78, 5) is 11.5. The van der Waals surface area contributed by atoms with E-state index in [1.807, 2.05) is 0 Å². The summed E-state index contributed by atoms with van der Waals surface area (Å²) in [5.74, 6) is 3.19. The Kier molecular flexibility index (Phi) is 3.78. The Morgan fingerprint density at radius 2 is 2.46 bits per heavy atom. The molecule has 0 aromatic heterocycles. The topological polar surface area (TPSA) is 41.1 Å². The lowest BCUT2D eigenvalue weighted by atomic mass is 9.97. The van der Waals surface area contributed by atoms with Gasteiger partial charge in [0, 0.05) is 19.5 Å². The Hall–Kier alpha value is -1.01. The number of hydrogen-bond donors (Lipinski definition) is 2. The second-order valence-corrected chi connectivity index (χ2v) is 3.49. The van der Waals surface area contributed by atoms with E-state index in [9.17, 15) is 4.79 Å². The summed E-state index contributed by atoms with van der Waals surface area (Å²) in [5.41, 5.74) is 0. The van der Waals surface area contributed by atoms with Crippen LogP contribution < -0.4 is 10.6 Å². The molecule has 1 saturated heterocycles. The van der Waals surface area contributed by atoms with Crippen LogP contribution in [0.3, 0.4) is 0 Å². The van der Waals surface area contributed by atoms with Crippen LogP contribution in [0, 0.1) is 24.2 Å². The molecule has 0 saturated carbocycles. The lowest BCUT2D eigenvalue weighted by Gasteiger charge is -2.13. The molecule has 0 aromatic rings. The molecule has 72 valence electrons. The van der Waals surface area contributed by atoms with Crippen molar-refractivity contribution in [1.82, 2.24) is 10.6 Å². The molecular weight excluding hydrogens is 164 g/mol. The van der Waals surface area contributed by atoms with Crippen molar-refractivity contribution in [1.29, 1.82) is 0 Å². The van der Waals surface area contributed by atoms with Gasteiger partial charge in [-0.3, -0.25) is 4.79 Å². The largest absolute Gasteiger partial charge is 0.355 e. The van der Waals surface area contributed by atoms with Crippen molar-refractivity contribution in [2.45, 2.75) is 13.3 Å². The van der Waals surface area contributed by atoms with E-state index < -0.39 is 0 Å². The van der Waals surface area contributed by atoms with E-state index in [-0.39, 0.29) is 11.8 Å². The van der Waals surface area contributed by atoms with E-state index in [0.717, 1.165) is 13.1 Å². The number of hydrogen-bond acceptors (Lipinski definition) is 2. The minimum absolute atomic E-state index is 0.123. The van der Waals surface area contributed by atoms with Gasteiger partial charge in [0.15, 0.2) is 0 Å². The van der Waals surface area contributed by atoms with Crippen molar-refractivity contribution in [3.8, 4) is 12.3 Å². The zero-order chi connectivity index (χ0) is 9.68. The van der Waals surface area contributed by atoms with Crippen molar-refractivity contribution in [2.75, 3.05) is 19.6 Å². The maximum atomic E-state index is 11.5. The van der Waals surface area contributed by atoms with E-state index in [2.05, 4.69) is 23.5 Å². The quantitative estimate of drug-likeness (QED) is 0.473. The molecule has 0 spiro atoms. The molecule has 1 amide bonds. The Morgan fingerprint density at radius 3 is 3.00 bits per heavy atom. The third-order valence-corrected chi connectivity index (χ3v) is 2.42. The highest BCUT2D eigenvalue weighted by atomic mass is 16.1. The molecular formula is C10H16N2O. The molecule has 0 aromatic carbocycles. The summed E-state index contributed by atoms with van der Waals surface area (Å²) in [7, 11) is 0. The Morgan fingerprint density at radius 1 is 1.69 bits per heavy atom. The first-order valence-electron chi connectivity index (χ1n) is 4.67. The number of rotatable bonds is 3. The highest BCUT2D eigenvalue weighted by Gasteiger charge is 2.28. The van der Waals surface area contributed by atoms with Gasteiger partial charge in [-0.25, -0.2) is 0 Å². The lowest BCUT2D eigenvalue weighted by Crippen LogP contribution is -2.34. The average molecular weight is 180 g/mol. The van der Waals surface area contributed by atoms with E-state index in [1.54, 1.807) is 0 Å². The van der Waals surface area contributed by atoms with Crippen LogP contribution in [-0.4, -0.2) is 25.5 Å². The van der Waals surface area contributed by atoms with Gasteiger partial charge < -0.3 is 10.6 Å². The monoisotopic (exact) mass is 180 g/mol. The molecule has 0 unspecified atom stereocenters. The highest BCUT2D eigenvalue weighted by Crippen LogP contribution is 2.15. The standard InChI is InChI=1S/C10H16N2O/c1-3-4-5-12-10(13)9-7-11-6-8(9)2/h1,8-9,11H,4-7H2,2H3,(H,12,13)/t8-,9-/m1/s1. The summed E-state index contributed by atoms with van der Waals surface area (Å²) in [5, 5.41) is 6.03. The van der Waals surface area contributed by atoms with Crippen LogP contribution in [0.2, 0.25) is 0 Å². The fourth-order valence-electron chi connectivity index (χ4n) is 1.55. The second kappa shape index (κ2) is 4.88. The van der Waals surface area contributed by atoms with Crippen LogP contribution in [0.25, 0.3) is 0 Å².